The standard InChI is InChI=1S/C16H29N5OS/c1-6-14-18-16(23-19-14)17-13(9-11(2)3)15(22)21-8-7-12(10-21)20(4)5/h11-13H,6-10H2,1-5H3,(H,17,18,19)/t12?,13-/m0/s1. The fourth-order valence-corrected chi connectivity index (χ4v) is 3.58. The van der Waals surface area contributed by atoms with Gasteiger partial charge in [-0.15, -0.1) is 0 Å². The molecule has 0 radical (unpaired) electrons. The summed E-state index contributed by atoms with van der Waals surface area (Å²) >= 11 is 1.34. The summed E-state index contributed by atoms with van der Waals surface area (Å²) in [5, 5.41) is 4.08. The molecule has 2 atom stereocenters. The van der Waals surface area contributed by atoms with Gasteiger partial charge in [-0.2, -0.15) is 4.37 Å². The lowest BCUT2D eigenvalue weighted by Crippen LogP contribution is -2.43. The van der Waals surface area contributed by atoms with Crippen LogP contribution in [0.25, 0.3) is 0 Å². The van der Waals surface area contributed by atoms with Gasteiger partial charge < -0.3 is 15.1 Å². The van der Waals surface area contributed by atoms with Crippen molar-refractivity contribution in [3.05, 3.63) is 5.82 Å². The smallest absolute Gasteiger partial charge is 0.245 e. The van der Waals surface area contributed by atoms with E-state index in [9.17, 15) is 4.79 Å². The molecular formula is C16H29N5OS. The molecule has 2 rings (SSSR count). The second-order valence-corrected chi connectivity index (χ2v) is 7.64. The second kappa shape index (κ2) is 8.06. The van der Waals surface area contributed by atoms with Gasteiger partial charge in [0.25, 0.3) is 0 Å². The largest absolute Gasteiger partial charge is 0.348 e. The van der Waals surface area contributed by atoms with Crippen LogP contribution in [0, 0.1) is 5.92 Å². The first kappa shape index (κ1) is 18.1. The Balaban J connectivity index is 2.03. The van der Waals surface area contributed by atoms with Gasteiger partial charge in [0.15, 0.2) is 0 Å². The van der Waals surface area contributed by atoms with Gasteiger partial charge in [0.2, 0.25) is 11.0 Å². The Hall–Kier alpha value is -1.21. The molecule has 1 aromatic rings. The first-order chi connectivity index (χ1) is 10.9. The Kier molecular flexibility index (Phi) is 6.35. The molecule has 1 N–H and O–H groups in total. The number of aryl methyl sites for hydroxylation is 1. The van der Waals surface area contributed by atoms with Crippen molar-refractivity contribution in [1.82, 2.24) is 19.2 Å². The fraction of sp³-hybridized carbons (Fsp3) is 0.812. The highest BCUT2D eigenvalue weighted by Gasteiger charge is 2.32. The topological polar surface area (TPSA) is 61.4 Å². The maximum Gasteiger partial charge on any atom is 0.245 e. The zero-order valence-electron chi connectivity index (χ0n) is 14.9. The zero-order valence-corrected chi connectivity index (χ0v) is 15.7. The van der Waals surface area contributed by atoms with Crippen LogP contribution in [0.15, 0.2) is 0 Å². The van der Waals surface area contributed by atoms with Crippen molar-refractivity contribution in [1.29, 1.82) is 0 Å². The molecule has 1 fully saturated rings. The van der Waals surface area contributed by atoms with Crippen LogP contribution in [-0.4, -0.2) is 64.3 Å². The molecular weight excluding hydrogens is 310 g/mol. The molecule has 0 bridgehead atoms. The number of hydrogen-bond acceptors (Lipinski definition) is 6. The average molecular weight is 340 g/mol. The zero-order chi connectivity index (χ0) is 17.0. The summed E-state index contributed by atoms with van der Waals surface area (Å²) in [6.45, 7) is 7.99. The Labute approximate surface area is 143 Å². The molecule has 1 aromatic heterocycles. The Bertz CT molecular complexity index is 516. The second-order valence-electron chi connectivity index (χ2n) is 6.89. The van der Waals surface area contributed by atoms with Gasteiger partial charge in [-0.25, -0.2) is 4.98 Å². The maximum absolute atomic E-state index is 12.9. The summed E-state index contributed by atoms with van der Waals surface area (Å²) in [6.07, 6.45) is 2.67. The number of amides is 1. The van der Waals surface area contributed by atoms with Gasteiger partial charge in [-0.1, -0.05) is 20.8 Å². The van der Waals surface area contributed by atoms with E-state index < -0.39 is 0 Å². The number of hydrogen-bond donors (Lipinski definition) is 1. The van der Waals surface area contributed by atoms with E-state index in [-0.39, 0.29) is 11.9 Å². The third kappa shape index (κ3) is 4.88. The highest BCUT2D eigenvalue weighted by molar-refractivity contribution is 7.09. The van der Waals surface area contributed by atoms with E-state index in [1.54, 1.807) is 0 Å². The highest BCUT2D eigenvalue weighted by atomic mass is 32.1. The van der Waals surface area contributed by atoms with Crippen LogP contribution >= 0.6 is 11.5 Å². The lowest BCUT2D eigenvalue weighted by Gasteiger charge is -2.26. The maximum atomic E-state index is 12.9. The number of carbonyl (C=O) groups is 1. The van der Waals surface area contributed by atoms with Crippen LogP contribution in [-0.2, 0) is 11.2 Å². The molecule has 1 unspecified atom stereocenters. The monoisotopic (exact) mass is 339 g/mol. The van der Waals surface area contributed by atoms with Crippen molar-refractivity contribution in [2.24, 2.45) is 5.92 Å². The molecule has 1 amide bonds. The van der Waals surface area contributed by atoms with Crippen LogP contribution in [0.5, 0.6) is 0 Å². The first-order valence-electron chi connectivity index (χ1n) is 8.45. The minimum absolute atomic E-state index is 0.191. The third-order valence-corrected chi connectivity index (χ3v) is 4.98. The van der Waals surface area contributed by atoms with Crippen LogP contribution in [0.4, 0.5) is 5.13 Å². The van der Waals surface area contributed by atoms with Crippen molar-refractivity contribution in [2.45, 2.75) is 52.1 Å². The highest BCUT2D eigenvalue weighted by Crippen LogP contribution is 2.20. The summed E-state index contributed by atoms with van der Waals surface area (Å²) in [6, 6.07) is 0.250. The summed E-state index contributed by atoms with van der Waals surface area (Å²) in [5.41, 5.74) is 0. The number of likely N-dealkylation sites (tertiary alicyclic amines) is 1. The molecule has 0 saturated carbocycles. The normalized spacial score (nSPS) is 19.6. The Morgan fingerprint density at radius 2 is 2.22 bits per heavy atom. The minimum Gasteiger partial charge on any atom is -0.348 e. The van der Waals surface area contributed by atoms with E-state index in [0.29, 0.717) is 12.0 Å². The van der Waals surface area contributed by atoms with Gasteiger partial charge in [-0.3, -0.25) is 4.79 Å². The molecule has 0 spiro atoms. The van der Waals surface area contributed by atoms with Crippen molar-refractivity contribution in [3.63, 3.8) is 0 Å². The average Bonchev–Trinajstić information content (AvgIpc) is 3.14. The van der Waals surface area contributed by atoms with E-state index in [4.69, 9.17) is 0 Å². The predicted octanol–water partition coefficient (Wildman–Crippen LogP) is 2.09. The van der Waals surface area contributed by atoms with Crippen LogP contribution in [0.1, 0.15) is 39.4 Å². The minimum atomic E-state index is -0.214. The molecule has 1 saturated heterocycles. The van der Waals surface area contributed by atoms with Gasteiger partial charge in [0, 0.05) is 37.1 Å². The quantitative estimate of drug-likeness (QED) is 0.824. The molecule has 6 nitrogen and oxygen atoms in total. The van der Waals surface area contributed by atoms with Crippen LogP contribution in [0.2, 0.25) is 0 Å². The van der Waals surface area contributed by atoms with E-state index in [0.717, 1.165) is 43.3 Å². The summed E-state index contributed by atoms with van der Waals surface area (Å²) in [4.78, 5) is 21.6. The number of carbonyl (C=O) groups excluding carboxylic acids is 1. The first-order valence-corrected chi connectivity index (χ1v) is 9.22. The molecule has 1 aliphatic heterocycles. The lowest BCUT2D eigenvalue weighted by atomic mass is 10.0. The van der Waals surface area contributed by atoms with Gasteiger partial charge >= 0.3 is 0 Å². The number of aromatic nitrogens is 2. The van der Waals surface area contributed by atoms with E-state index >= 15 is 0 Å². The molecule has 130 valence electrons. The molecule has 0 aromatic carbocycles. The SMILES string of the molecule is CCc1nsc(N[C@@H](CC(C)C)C(=O)N2CCC(N(C)C)C2)n1. The lowest BCUT2D eigenvalue weighted by molar-refractivity contribution is -0.131. The van der Waals surface area contributed by atoms with Crippen molar-refractivity contribution >= 4 is 22.6 Å². The van der Waals surface area contributed by atoms with Crippen LogP contribution < -0.4 is 5.32 Å². The number of rotatable bonds is 7. The molecule has 2 heterocycles. The van der Waals surface area contributed by atoms with Crippen molar-refractivity contribution < 1.29 is 4.79 Å². The van der Waals surface area contributed by atoms with Crippen LogP contribution in [0.3, 0.4) is 0 Å². The molecule has 7 heteroatoms. The van der Waals surface area contributed by atoms with E-state index in [1.165, 1.54) is 11.5 Å². The summed E-state index contributed by atoms with van der Waals surface area (Å²) in [7, 11) is 4.16. The van der Waals surface area contributed by atoms with Crippen molar-refractivity contribution in [2.75, 3.05) is 32.5 Å². The number of likely N-dealkylation sites (N-methyl/N-ethyl adjacent to an activating group) is 1. The van der Waals surface area contributed by atoms with E-state index in [2.05, 4.69) is 47.5 Å². The third-order valence-electron chi connectivity index (χ3n) is 4.29. The van der Waals surface area contributed by atoms with Gasteiger partial charge in [0.1, 0.15) is 11.9 Å². The number of anilines is 1. The number of nitrogens with one attached hydrogen (secondary N) is 1. The Morgan fingerprint density at radius 3 is 2.74 bits per heavy atom. The van der Waals surface area contributed by atoms with E-state index in [1.807, 2.05) is 11.8 Å². The summed E-state index contributed by atoms with van der Waals surface area (Å²) < 4.78 is 4.30. The molecule has 1 aliphatic rings. The molecule has 0 aliphatic carbocycles. The number of nitrogens with zero attached hydrogens (tertiary/aromatic N) is 4. The van der Waals surface area contributed by atoms with Gasteiger partial charge in [0.05, 0.1) is 0 Å². The van der Waals surface area contributed by atoms with Crippen molar-refractivity contribution in [3.8, 4) is 0 Å². The molecule has 23 heavy (non-hydrogen) atoms. The summed E-state index contributed by atoms with van der Waals surface area (Å²) in [5.74, 6) is 1.47. The predicted molar refractivity (Wildman–Crippen MR) is 94.8 cm³/mol. The Morgan fingerprint density at radius 1 is 1.48 bits per heavy atom. The fourth-order valence-electron chi connectivity index (χ4n) is 2.88. The van der Waals surface area contributed by atoms with Gasteiger partial charge in [-0.05, 0) is 32.9 Å².